The standard InChI is InChI=1S/C18H20N2O.C4H6O6/c19-17(21)18(20-13-7-8-14-20,15-9-3-1-4-10-15)16-11-5-2-6-12-16;5-1(3(7)8)2(6)4(9)10/h1-6,9-12H,7-8,13-14H2,(H2,19,21);1-2,5-6H,(H,7,8)(H,9,10). The van der Waals surface area contributed by atoms with Crippen molar-refractivity contribution in [3.63, 3.8) is 0 Å². The monoisotopic (exact) mass is 430 g/mol. The van der Waals surface area contributed by atoms with Gasteiger partial charge in [0.15, 0.2) is 17.7 Å². The minimum atomic E-state index is -2.27. The molecule has 2 unspecified atom stereocenters. The number of carboxylic acids is 2. The molecule has 6 N–H and O–H groups in total. The van der Waals surface area contributed by atoms with Crippen LogP contribution < -0.4 is 5.73 Å². The fourth-order valence-corrected chi connectivity index (χ4v) is 3.65. The minimum Gasteiger partial charge on any atom is -0.479 e. The van der Waals surface area contributed by atoms with Crippen LogP contribution in [0, 0.1) is 0 Å². The first-order valence-electron chi connectivity index (χ1n) is 9.70. The van der Waals surface area contributed by atoms with Crippen LogP contribution in [0.3, 0.4) is 0 Å². The summed E-state index contributed by atoms with van der Waals surface area (Å²) in [6, 6.07) is 19.8. The van der Waals surface area contributed by atoms with Gasteiger partial charge in [-0.05, 0) is 37.1 Å². The Morgan fingerprint density at radius 3 is 1.42 bits per heavy atom. The van der Waals surface area contributed by atoms with Crippen LogP contribution in [0.15, 0.2) is 60.7 Å². The first kappa shape index (κ1) is 24.0. The van der Waals surface area contributed by atoms with Gasteiger partial charge in [0.25, 0.3) is 0 Å². The van der Waals surface area contributed by atoms with E-state index in [9.17, 15) is 14.4 Å². The molecule has 0 radical (unpaired) electrons. The Hall–Kier alpha value is -3.27. The first-order chi connectivity index (χ1) is 14.7. The summed E-state index contributed by atoms with van der Waals surface area (Å²) in [5.74, 6) is -3.84. The van der Waals surface area contributed by atoms with E-state index in [-0.39, 0.29) is 5.91 Å². The van der Waals surface area contributed by atoms with Crippen LogP contribution in [0.1, 0.15) is 24.0 Å². The molecule has 1 heterocycles. The molecule has 2 aromatic rings. The molecular formula is C22H26N2O7. The number of carboxylic acid groups (broad SMARTS) is 2. The summed E-state index contributed by atoms with van der Waals surface area (Å²) in [6.07, 6.45) is -2.32. The second-order valence-corrected chi connectivity index (χ2v) is 7.07. The summed E-state index contributed by atoms with van der Waals surface area (Å²) in [5, 5.41) is 32.5. The Kier molecular flexibility index (Phi) is 8.26. The van der Waals surface area contributed by atoms with Gasteiger partial charge >= 0.3 is 11.9 Å². The number of benzene rings is 2. The normalized spacial score (nSPS) is 15.9. The Labute approximate surface area is 179 Å². The lowest BCUT2D eigenvalue weighted by Gasteiger charge is -2.40. The van der Waals surface area contributed by atoms with E-state index in [0.717, 1.165) is 37.1 Å². The van der Waals surface area contributed by atoms with Gasteiger partial charge in [-0.25, -0.2) is 9.59 Å². The van der Waals surface area contributed by atoms with Gasteiger partial charge in [-0.2, -0.15) is 0 Å². The number of amides is 1. The van der Waals surface area contributed by atoms with E-state index < -0.39 is 29.7 Å². The summed E-state index contributed by atoms with van der Waals surface area (Å²) < 4.78 is 0. The number of primary amides is 1. The van der Waals surface area contributed by atoms with Gasteiger partial charge < -0.3 is 26.2 Å². The predicted molar refractivity (Wildman–Crippen MR) is 111 cm³/mol. The van der Waals surface area contributed by atoms with E-state index in [1.165, 1.54) is 0 Å². The molecule has 1 aliphatic heterocycles. The average Bonchev–Trinajstić information content (AvgIpc) is 3.30. The largest absolute Gasteiger partial charge is 0.479 e. The lowest BCUT2D eigenvalue weighted by molar-refractivity contribution is -0.165. The van der Waals surface area contributed by atoms with E-state index in [4.69, 9.17) is 26.2 Å². The Balaban J connectivity index is 0.000000291. The van der Waals surface area contributed by atoms with Crippen LogP contribution in [0.25, 0.3) is 0 Å². The lowest BCUT2D eigenvalue weighted by Crippen LogP contribution is -2.54. The molecule has 1 saturated heterocycles. The molecule has 2 aromatic carbocycles. The number of nitrogens with zero attached hydrogens (tertiary/aromatic N) is 1. The maximum atomic E-state index is 12.6. The van der Waals surface area contributed by atoms with Gasteiger partial charge in [0.05, 0.1) is 0 Å². The molecule has 9 heteroatoms. The number of nitrogens with two attached hydrogens (primary N) is 1. The van der Waals surface area contributed by atoms with Gasteiger partial charge in [0.1, 0.15) is 0 Å². The molecule has 0 aromatic heterocycles. The van der Waals surface area contributed by atoms with Crippen molar-refractivity contribution in [3.8, 4) is 0 Å². The van der Waals surface area contributed by atoms with Crippen molar-refractivity contribution in [1.82, 2.24) is 4.90 Å². The molecule has 1 amide bonds. The third-order valence-electron chi connectivity index (χ3n) is 5.13. The summed E-state index contributed by atoms with van der Waals surface area (Å²) in [7, 11) is 0. The minimum absolute atomic E-state index is 0.304. The lowest BCUT2D eigenvalue weighted by atomic mass is 9.80. The molecule has 0 saturated carbocycles. The van der Waals surface area contributed by atoms with Gasteiger partial charge in [0.2, 0.25) is 5.91 Å². The van der Waals surface area contributed by atoms with Gasteiger partial charge in [-0.3, -0.25) is 9.69 Å². The number of aliphatic hydroxyl groups is 2. The highest BCUT2D eigenvalue weighted by molar-refractivity contribution is 5.90. The molecule has 2 atom stereocenters. The van der Waals surface area contributed by atoms with E-state index in [1.807, 2.05) is 60.7 Å². The summed E-state index contributed by atoms with van der Waals surface area (Å²) in [4.78, 5) is 34.4. The zero-order valence-corrected chi connectivity index (χ0v) is 16.8. The summed E-state index contributed by atoms with van der Waals surface area (Å²) >= 11 is 0. The van der Waals surface area contributed by atoms with E-state index in [2.05, 4.69) is 4.90 Å². The molecule has 31 heavy (non-hydrogen) atoms. The molecule has 1 fully saturated rings. The maximum Gasteiger partial charge on any atom is 0.335 e. The summed E-state index contributed by atoms with van der Waals surface area (Å²) in [5.41, 5.74) is 6.97. The molecule has 3 rings (SSSR count). The number of carbonyl (C=O) groups is 3. The van der Waals surface area contributed by atoms with Crippen LogP contribution in [-0.4, -0.2) is 68.5 Å². The highest BCUT2D eigenvalue weighted by Gasteiger charge is 2.46. The molecule has 9 nitrogen and oxygen atoms in total. The topological polar surface area (TPSA) is 161 Å². The van der Waals surface area contributed by atoms with Crippen molar-refractivity contribution in [2.75, 3.05) is 13.1 Å². The highest BCUT2D eigenvalue weighted by atomic mass is 16.4. The number of rotatable bonds is 7. The number of hydrogen-bond donors (Lipinski definition) is 5. The molecular weight excluding hydrogens is 404 g/mol. The Bertz CT molecular complexity index is 826. The SMILES string of the molecule is NC(=O)C(c1ccccc1)(c1ccccc1)N1CCCC1.O=C(O)C(O)C(O)C(=O)O. The van der Waals surface area contributed by atoms with Crippen LogP contribution in [-0.2, 0) is 19.9 Å². The van der Waals surface area contributed by atoms with Crippen LogP contribution in [0.4, 0.5) is 0 Å². The van der Waals surface area contributed by atoms with E-state index in [0.29, 0.717) is 0 Å². The van der Waals surface area contributed by atoms with Crippen molar-refractivity contribution in [1.29, 1.82) is 0 Å². The van der Waals surface area contributed by atoms with E-state index >= 15 is 0 Å². The van der Waals surface area contributed by atoms with Gasteiger partial charge in [0, 0.05) is 0 Å². The van der Waals surface area contributed by atoms with Crippen molar-refractivity contribution in [2.24, 2.45) is 5.73 Å². The van der Waals surface area contributed by atoms with Gasteiger partial charge in [-0.1, -0.05) is 60.7 Å². The highest BCUT2D eigenvalue weighted by Crippen LogP contribution is 2.38. The molecule has 166 valence electrons. The second kappa shape index (κ2) is 10.7. The number of carbonyl (C=O) groups excluding carboxylic acids is 1. The Morgan fingerprint density at radius 2 is 1.13 bits per heavy atom. The molecule has 0 aliphatic carbocycles. The van der Waals surface area contributed by atoms with Crippen molar-refractivity contribution < 1.29 is 34.8 Å². The third kappa shape index (κ3) is 5.26. The quantitative estimate of drug-likeness (QED) is 0.421. The van der Waals surface area contributed by atoms with Crippen LogP contribution in [0.2, 0.25) is 0 Å². The van der Waals surface area contributed by atoms with Crippen molar-refractivity contribution >= 4 is 17.8 Å². The molecule has 0 spiro atoms. The van der Waals surface area contributed by atoms with E-state index in [1.54, 1.807) is 0 Å². The summed E-state index contributed by atoms with van der Waals surface area (Å²) in [6.45, 7) is 1.79. The average molecular weight is 430 g/mol. The number of aliphatic carboxylic acids is 2. The third-order valence-corrected chi connectivity index (χ3v) is 5.13. The zero-order valence-electron chi connectivity index (χ0n) is 16.8. The van der Waals surface area contributed by atoms with Crippen LogP contribution >= 0.6 is 0 Å². The fraction of sp³-hybridized carbons (Fsp3) is 0.318. The smallest absolute Gasteiger partial charge is 0.335 e. The molecule has 1 aliphatic rings. The first-order valence-corrected chi connectivity index (χ1v) is 9.70. The number of aliphatic hydroxyl groups excluding tert-OH is 2. The fourth-order valence-electron chi connectivity index (χ4n) is 3.65. The Morgan fingerprint density at radius 1 is 0.774 bits per heavy atom. The van der Waals surface area contributed by atoms with Gasteiger partial charge in [-0.15, -0.1) is 0 Å². The maximum absolute atomic E-state index is 12.6. The molecule has 0 bridgehead atoms. The second-order valence-electron chi connectivity index (χ2n) is 7.07. The number of hydrogen-bond acceptors (Lipinski definition) is 6. The van der Waals surface area contributed by atoms with Crippen molar-refractivity contribution in [3.05, 3.63) is 71.8 Å². The predicted octanol–water partition coefficient (Wildman–Crippen LogP) is 0.389. The van der Waals surface area contributed by atoms with Crippen LogP contribution in [0.5, 0.6) is 0 Å². The zero-order chi connectivity index (χ0) is 23.0. The number of likely N-dealkylation sites (tertiary alicyclic amines) is 1. The van der Waals surface area contributed by atoms with Crippen molar-refractivity contribution in [2.45, 2.75) is 30.6 Å².